The van der Waals surface area contributed by atoms with Gasteiger partial charge in [0.15, 0.2) is 0 Å². The molecule has 0 spiro atoms. The largest absolute Gasteiger partial charge is 0.316 e. The van der Waals surface area contributed by atoms with Crippen molar-refractivity contribution in [1.29, 1.82) is 0 Å². The molecule has 0 bridgehead atoms. The van der Waals surface area contributed by atoms with Crippen LogP contribution in [0, 0.1) is 6.92 Å². The van der Waals surface area contributed by atoms with E-state index in [1.54, 1.807) is 0 Å². The molecule has 1 aromatic rings. The second-order valence-corrected chi connectivity index (χ2v) is 3.77. The Labute approximate surface area is 91.5 Å². The predicted molar refractivity (Wildman–Crippen MR) is 61.1 cm³/mol. The molecule has 0 saturated carbocycles. The molecule has 1 fully saturated rings. The highest BCUT2D eigenvalue weighted by molar-refractivity contribution is 5.85. The summed E-state index contributed by atoms with van der Waals surface area (Å²) >= 11 is 0. The van der Waals surface area contributed by atoms with E-state index in [4.69, 9.17) is 0 Å². The summed E-state index contributed by atoms with van der Waals surface area (Å²) in [6, 6.07) is 4.35. The van der Waals surface area contributed by atoms with Gasteiger partial charge in [-0.1, -0.05) is 0 Å². The van der Waals surface area contributed by atoms with Gasteiger partial charge in [-0.2, -0.15) is 0 Å². The summed E-state index contributed by atoms with van der Waals surface area (Å²) in [4.78, 5) is 4.21. The molecule has 1 unspecified atom stereocenters. The number of hydrogen-bond acceptors (Lipinski definition) is 2. The molecular weight excluding hydrogens is 196 g/mol. The number of rotatable bonds is 1. The topological polar surface area (TPSA) is 24.9 Å². The summed E-state index contributed by atoms with van der Waals surface area (Å²) in [5.41, 5.74) is 2.57. The molecule has 2 rings (SSSR count). The van der Waals surface area contributed by atoms with Crippen LogP contribution in [0.3, 0.4) is 0 Å². The van der Waals surface area contributed by atoms with Crippen molar-refractivity contribution >= 4 is 12.4 Å². The van der Waals surface area contributed by atoms with Crippen LogP contribution in [0.1, 0.15) is 30.0 Å². The number of nitrogens with one attached hydrogen (secondary N) is 1. The van der Waals surface area contributed by atoms with Crippen LogP contribution >= 0.6 is 12.4 Å². The molecule has 0 amide bonds. The van der Waals surface area contributed by atoms with Crippen LogP contribution in [-0.4, -0.2) is 18.1 Å². The Morgan fingerprint density at radius 1 is 1.50 bits per heavy atom. The zero-order valence-corrected chi connectivity index (χ0v) is 9.31. The van der Waals surface area contributed by atoms with Crippen LogP contribution in [0.4, 0.5) is 0 Å². The van der Waals surface area contributed by atoms with Gasteiger partial charge in [-0.3, -0.25) is 4.98 Å². The molecule has 1 aromatic heterocycles. The van der Waals surface area contributed by atoms with E-state index in [1.807, 2.05) is 6.20 Å². The number of aryl methyl sites for hydroxylation is 1. The van der Waals surface area contributed by atoms with Crippen LogP contribution < -0.4 is 5.32 Å². The van der Waals surface area contributed by atoms with Crippen LogP contribution in [0.2, 0.25) is 0 Å². The average molecular weight is 213 g/mol. The predicted octanol–water partition coefficient (Wildman–Crippen LogP) is 2.28. The first kappa shape index (κ1) is 11.5. The van der Waals surface area contributed by atoms with Gasteiger partial charge in [0.2, 0.25) is 0 Å². The lowest BCUT2D eigenvalue weighted by Crippen LogP contribution is -2.28. The van der Waals surface area contributed by atoms with Crippen molar-refractivity contribution in [3.63, 3.8) is 0 Å². The van der Waals surface area contributed by atoms with Gasteiger partial charge in [-0.25, -0.2) is 0 Å². The summed E-state index contributed by atoms with van der Waals surface area (Å²) in [5, 5.41) is 3.43. The third-order valence-corrected chi connectivity index (χ3v) is 2.69. The Kier molecular flexibility index (Phi) is 4.36. The standard InChI is InChI=1S/C11H16N2.ClH/c1-9-7-10(4-6-13-9)11-3-2-5-12-8-11;/h4,6-7,11-12H,2-3,5,8H2,1H3;1H. The smallest absolute Gasteiger partial charge is 0.0375 e. The maximum atomic E-state index is 4.21. The third-order valence-electron chi connectivity index (χ3n) is 2.69. The first-order chi connectivity index (χ1) is 6.36. The van der Waals surface area contributed by atoms with Crippen molar-refractivity contribution in [3.8, 4) is 0 Å². The third kappa shape index (κ3) is 2.69. The molecule has 0 radical (unpaired) electrons. The summed E-state index contributed by atoms with van der Waals surface area (Å²) in [6.07, 6.45) is 4.53. The quantitative estimate of drug-likeness (QED) is 0.773. The zero-order chi connectivity index (χ0) is 9.10. The van der Waals surface area contributed by atoms with E-state index in [0.717, 1.165) is 12.2 Å². The Balaban J connectivity index is 0.000000980. The molecule has 3 heteroatoms. The van der Waals surface area contributed by atoms with E-state index in [9.17, 15) is 0 Å². The first-order valence-electron chi connectivity index (χ1n) is 4.99. The van der Waals surface area contributed by atoms with E-state index >= 15 is 0 Å². The highest BCUT2D eigenvalue weighted by Gasteiger charge is 2.14. The fourth-order valence-electron chi connectivity index (χ4n) is 1.96. The number of piperidine rings is 1. The lowest BCUT2D eigenvalue weighted by atomic mass is 9.92. The molecule has 1 aliphatic heterocycles. The number of nitrogens with zero attached hydrogens (tertiary/aromatic N) is 1. The molecule has 0 aromatic carbocycles. The number of aromatic nitrogens is 1. The van der Waals surface area contributed by atoms with E-state index in [1.165, 1.54) is 24.9 Å². The Bertz CT molecular complexity index is 282. The SMILES string of the molecule is Cc1cc(C2CCCNC2)ccn1.Cl. The monoisotopic (exact) mass is 212 g/mol. The van der Waals surface area contributed by atoms with Gasteiger partial charge in [0, 0.05) is 18.4 Å². The van der Waals surface area contributed by atoms with Gasteiger partial charge >= 0.3 is 0 Å². The van der Waals surface area contributed by atoms with Crippen molar-refractivity contribution in [1.82, 2.24) is 10.3 Å². The number of halogens is 1. The molecule has 1 aliphatic rings. The van der Waals surface area contributed by atoms with Crippen molar-refractivity contribution in [2.75, 3.05) is 13.1 Å². The summed E-state index contributed by atoms with van der Waals surface area (Å²) in [5.74, 6) is 0.704. The van der Waals surface area contributed by atoms with E-state index in [-0.39, 0.29) is 12.4 Å². The van der Waals surface area contributed by atoms with Crippen LogP contribution in [-0.2, 0) is 0 Å². The fourth-order valence-corrected chi connectivity index (χ4v) is 1.96. The highest BCUT2D eigenvalue weighted by Crippen LogP contribution is 2.22. The molecule has 2 nitrogen and oxygen atoms in total. The minimum atomic E-state index is 0. The zero-order valence-electron chi connectivity index (χ0n) is 8.49. The van der Waals surface area contributed by atoms with Gasteiger partial charge in [0.25, 0.3) is 0 Å². The molecule has 0 aliphatic carbocycles. The Morgan fingerprint density at radius 2 is 2.36 bits per heavy atom. The lowest BCUT2D eigenvalue weighted by molar-refractivity contribution is 0.461. The van der Waals surface area contributed by atoms with Gasteiger partial charge in [0.1, 0.15) is 0 Å². The highest BCUT2D eigenvalue weighted by atomic mass is 35.5. The van der Waals surface area contributed by atoms with Gasteiger partial charge in [0.05, 0.1) is 0 Å². The van der Waals surface area contributed by atoms with Crippen molar-refractivity contribution in [3.05, 3.63) is 29.6 Å². The first-order valence-corrected chi connectivity index (χ1v) is 4.99. The minimum absolute atomic E-state index is 0. The second-order valence-electron chi connectivity index (χ2n) is 3.77. The van der Waals surface area contributed by atoms with Gasteiger partial charge in [-0.15, -0.1) is 12.4 Å². The molecule has 14 heavy (non-hydrogen) atoms. The average Bonchev–Trinajstić information content (AvgIpc) is 2.19. The van der Waals surface area contributed by atoms with Gasteiger partial charge < -0.3 is 5.32 Å². The molecule has 78 valence electrons. The van der Waals surface area contributed by atoms with Crippen LogP contribution in [0.25, 0.3) is 0 Å². The van der Waals surface area contributed by atoms with Crippen LogP contribution in [0.5, 0.6) is 0 Å². The lowest BCUT2D eigenvalue weighted by Gasteiger charge is -2.23. The Hall–Kier alpha value is -0.600. The molecule has 1 N–H and O–H groups in total. The Morgan fingerprint density at radius 3 is 3.00 bits per heavy atom. The van der Waals surface area contributed by atoms with E-state index in [0.29, 0.717) is 5.92 Å². The van der Waals surface area contributed by atoms with E-state index in [2.05, 4.69) is 29.4 Å². The number of hydrogen-bond donors (Lipinski definition) is 1. The summed E-state index contributed by atoms with van der Waals surface area (Å²) in [7, 11) is 0. The normalized spacial score (nSPS) is 21.4. The molecule has 1 atom stereocenters. The maximum absolute atomic E-state index is 4.21. The molecule has 2 heterocycles. The van der Waals surface area contributed by atoms with Crippen molar-refractivity contribution < 1.29 is 0 Å². The summed E-state index contributed by atoms with van der Waals surface area (Å²) < 4.78 is 0. The maximum Gasteiger partial charge on any atom is 0.0375 e. The van der Waals surface area contributed by atoms with Gasteiger partial charge in [-0.05, 0) is 49.9 Å². The summed E-state index contributed by atoms with van der Waals surface area (Å²) in [6.45, 7) is 4.36. The van der Waals surface area contributed by atoms with E-state index < -0.39 is 0 Å². The van der Waals surface area contributed by atoms with Crippen LogP contribution in [0.15, 0.2) is 18.3 Å². The fraction of sp³-hybridized carbons (Fsp3) is 0.545. The minimum Gasteiger partial charge on any atom is -0.316 e. The molecular formula is C11H17ClN2. The second kappa shape index (κ2) is 5.32. The number of pyridine rings is 1. The molecule has 1 saturated heterocycles. The van der Waals surface area contributed by atoms with Crippen molar-refractivity contribution in [2.24, 2.45) is 0 Å². The van der Waals surface area contributed by atoms with Crippen molar-refractivity contribution in [2.45, 2.75) is 25.7 Å².